The number of hydrogen-bond donors (Lipinski definition) is 3. The van der Waals surface area contributed by atoms with Crippen molar-refractivity contribution < 1.29 is 31.8 Å². The molecule has 220 valence electrons. The Morgan fingerprint density at radius 1 is 1.02 bits per heavy atom. The van der Waals surface area contributed by atoms with Gasteiger partial charge >= 0.3 is 0 Å². The lowest BCUT2D eigenvalue weighted by molar-refractivity contribution is -0.134. The summed E-state index contributed by atoms with van der Waals surface area (Å²) >= 11 is 0. The van der Waals surface area contributed by atoms with Crippen LogP contribution in [0.3, 0.4) is 0 Å². The number of nitrogens with zero attached hydrogens (tertiary/aromatic N) is 5. The van der Waals surface area contributed by atoms with E-state index in [0.29, 0.717) is 11.3 Å². The number of imidazole rings is 1. The minimum Gasteiger partial charge on any atom is -0.379 e. The van der Waals surface area contributed by atoms with Crippen LogP contribution in [0.15, 0.2) is 23.1 Å². The minimum atomic E-state index is -2.76. The first kappa shape index (κ1) is 27.4. The highest BCUT2D eigenvalue weighted by molar-refractivity contribution is 5.96. The highest BCUT2D eigenvalue weighted by Crippen LogP contribution is 2.45. The molecule has 0 aromatic carbocycles. The average Bonchev–Trinajstić information content (AvgIpc) is 3.50. The topological polar surface area (TPSA) is 153 Å². The van der Waals surface area contributed by atoms with Crippen molar-refractivity contribution in [1.82, 2.24) is 35.5 Å². The van der Waals surface area contributed by atoms with Gasteiger partial charge in [-0.05, 0) is 65.4 Å². The number of carbonyl (C=O) groups is 2. The predicted molar refractivity (Wildman–Crippen MR) is 135 cm³/mol. The molecular weight excluding hydrogens is 548 g/mol. The van der Waals surface area contributed by atoms with E-state index in [9.17, 15) is 27.2 Å². The van der Waals surface area contributed by atoms with E-state index in [1.807, 2.05) is 0 Å². The molecule has 3 fully saturated rings. The van der Waals surface area contributed by atoms with E-state index in [-0.39, 0.29) is 86.2 Å². The van der Waals surface area contributed by atoms with Gasteiger partial charge in [0, 0.05) is 32.1 Å². The van der Waals surface area contributed by atoms with Crippen LogP contribution < -0.4 is 16.4 Å². The molecule has 0 saturated heterocycles. The first-order valence-corrected chi connectivity index (χ1v) is 13.8. The second-order valence-electron chi connectivity index (χ2n) is 11.6. The first-order chi connectivity index (χ1) is 19.5. The summed E-state index contributed by atoms with van der Waals surface area (Å²) in [5, 5.41) is 17.2. The number of fused-ring (bicyclic) bond motifs is 1. The summed E-state index contributed by atoms with van der Waals surface area (Å²) in [5.74, 6) is -7.03. The SMILES string of the molecule is Nc1nonc1C(=O)N[C@H](c1cn2ncc([C@H](NC(=O)CC3CC(F)(F)C3)C3CC3)cc2n1)C1CCC(F)(F)CC1. The van der Waals surface area contributed by atoms with Gasteiger partial charge in [-0.15, -0.1) is 0 Å². The Morgan fingerprint density at radius 2 is 1.73 bits per heavy atom. The third-order valence-corrected chi connectivity index (χ3v) is 8.35. The number of alkyl halides is 4. The van der Waals surface area contributed by atoms with Crippen LogP contribution in [0.4, 0.5) is 23.4 Å². The van der Waals surface area contributed by atoms with Crippen molar-refractivity contribution in [1.29, 1.82) is 0 Å². The summed E-state index contributed by atoms with van der Waals surface area (Å²) < 4.78 is 60.3. The molecule has 0 aliphatic heterocycles. The molecule has 3 aromatic heterocycles. The number of rotatable bonds is 9. The lowest BCUT2D eigenvalue weighted by atomic mass is 9.79. The van der Waals surface area contributed by atoms with Gasteiger partial charge in [0.05, 0.1) is 30.2 Å². The van der Waals surface area contributed by atoms with Crippen LogP contribution in [0.1, 0.15) is 91.6 Å². The van der Waals surface area contributed by atoms with Crippen molar-refractivity contribution in [2.24, 2.45) is 17.8 Å². The Hall–Kier alpha value is -3.78. The molecule has 15 heteroatoms. The number of nitrogens with one attached hydrogen (secondary N) is 2. The number of amides is 2. The second kappa shape index (κ2) is 10.2. The summed E-state index contributed by atoms with van der Waals surface area (Å²) in [6.07, 6.45) is 4.30. The standard InChI is InChI=1S/C26H30F4N8O3/c27-25(28)5-3-15(4-6-25)21(35-24(40)22-23(31)37-41-36-22)17-12-38-18(33-17)8-16(11-32-38)20(14-1-2-14)34-19(39)7-13-9-26(29,30)10-13/h8,11-15,20-21H,1-7,9-10H2,(H2,31,37)(H,34,39)(H,35,40)/t20-,21+/m1/s1. The van der Waals surface area contributed by atoms with E-state index in [4.69, 9.17) is 5.73 Å². The Balaban J connectivity index is 1.23. The number of hydrogen-bond acceptors (Lipinski definition) is 8. The minimum absolute atomic E-state index is 0.0510. The van der Waals surface area contributed by atoms with Gasteiger partial charge in [0.2, 0.25) is 29.3 Å². The van der Waals surface area contributed by atoms with Gasteiger partial charge in [-0.3, -0.25) is 9.59 Å². The molecule has 41 heavy (non-hydrogen) atoms. The van der Waals surface area contributed by atoms with E-state index in [2.05, 4.69) is 35.7 Å². The monoisotopic (exact) mass is 578 g/mol. The second-order valence-corrected chi connectivity index (χ2v) is 11.6. The van der Waals surface area contributed by atoms with Gasteiger partial charge in [-0.1, -0.05) is 0 Å². The number of anilines is 1. The van der Waals surface area contributed by atoms with Crippen molar-refractivity contribution in [3.8, 4) is 0 Å². The summed E-state index contributed by atoms with van der Waals surface area (Å²) in [6.45, 7) is 0. The lowest BCUT2D eigenvalue weighted by Gasteiger charge is -2.34. The molecule has 2 atom stereocenters. The zero-order valence-electron chi connectivity index (χ0n) is 22.0. The molecule has 0 unspecified atom stereocenters. The van der Waals surface area contributed by atoms with Crippen LogP contribution in [0.2, 0.25) is 0 Å². The van der Waals surface area contributed by atoms with Gasteiger partial charge in [-0.25, -0.2) is 31.7 Å². The molecule has 0 bridgehead atoms. The Kier molecular flexibility index (Phi) is 6.85. The maximum Gasteiger partial charge on any atom is 0.277 e. The summed E-state index contributed by atoms with van der Waals surface area (Å²) in [4.78, 5) is 30.3. The molecule has 3 saturated carbocycles. The molecule has 2 amide bonds. The fourth-order valence-corrected chi connectivity index (χ4v) is 5.95. The largest absolute Gasteiger partial charge is 0.379 e. The van der Waals surface area contributed by atoms with Crippen molar-refractivity contribution in [3.05, 3.63) is 35.4 Å². The van der Waals surface area contributed by atoms with Crippen LogP contribution >= 0.6 is 0 Å². The van der Waals surface area contributed by atoms with E-state index in [1.165, 1.54) is 4.52 Å². The van der Waals surface area contributed by atoms with E-state index in [0.717, 1.165) is 18.4 Å². The van der Waals surface area contributed by atoms with Gasteiger partial charge in [-0.2, -0.15) is 5.10 Å². The first-order valence-electron chi connectivity index (χ1n) is 13.8. The maximum absolute atomic E-state index is 13.9. The van der Waals surface area contributed by atoms with E-state index in [1.54, 1.807) is 18.5 Å². The summed E-state index contributed by atoms with van der Waals surface area (Å²) in [7, 11) is 0. The number of halogens is 4. The normalized spacial score (nSPS) is 22.1. The van der Waals surface area contributed by atoms with E-state index < -0.39 is 23.8 Å². The summed E-state index contributed by atoms with van der Waals surface area (Å²) in [5.41, 5.74) is 7.05. The van der Waals surface area contributed by atoms with Crippen molar-refractivity contribution in [3.63, 3.8) is 0 Å². The third-order valence-electron chi connectivity index (χ3n) is 8.35. The number of aromatic nitrogens is 5. The Morgan fingerprint density at radius 3 is 2.37 bits per heavy atom. The predicted octanol–water partition coefficient (Wildman–Crippen LogP) is 3.99. The van der Waals surface area contributed by atoms with Crippen LogP contribution in [0.25, 0.3) is 5.65 Å². The molecule has 0 radical (unpaired) electrons. The quantitative estimate of drug-likeness (QED) is 0.322. The van der Waals surface area contributed by atoms with Crippen LogP contribution in [0.5, 0.6) is 0 Å². The lowest BCUT2D eigenvalue weighted by Crippen LogP contribution is -2.39. The highest BCUT2D eigenvalue weighted by atomic mass is 19.3. The number of nitrogens with two attached hydrogens (primary N) is 1. The average molecular weight is 579 g/mol. The number of carbonyl (C=O) groups excluding carboxylic acids is 2. The smallest absolute Gasteiger partial charge is 0.277 e. The highest BCUT2D eigenvalue weighted by Gasteiger charge is 2.46. The molecular formula is C26H30F4N8O3. The van der Waals surface area contributed by atoms with Crippen molar-refractivity contribution in [2.75, 3.05) is 5.73 Å². The molecule has 3 aromatic rings. The Bertz CT molecular complexity index is 1440. The zero-order valence-corrected chi connectivity index (χ0v) is 22.0. The fraction of sp³-hybridized carbons (Fsp3) is 0.615. The van der Waals surface area contributed by atoms with Crippen LogP contribution in [-0.2, 0) is 4.79 Å². The Labute approximate surface area is 231 Å². The third kappa shape index (κ3) is 5.98. The van der Waals surface area contributed by atoms with Crippen molar-refractivity contribution >= 4 is 23.3 Å². The molecule has 3 heterocycles. The van der Waals surface area contributed by atoms with E-state index >= 15 is 0 Å². The molecule has 0 spiro atoms. The fourth-order valence-electron chi connectivity index (χ4n) is 5.95. The van der Waals surface area contributed by atoms with Crippen molar-refractivity contribution in [2.45, 2.75) is 81.7 Å². The molecule has 4 N–H and O–H groups in total. The molecule has 11 nitrogen and oxygen atoms in total. The zero-order chi connectivity index (χ0) is 28.9. The molecule has 3 aliphatic carbocycles. The van der Waals surface area contributed by atoms with Gasteiger partial charge in [0.25, 0.3) is 5.91 Å². The maximum atomic E-state index is 13.9. The van der Waals surface area contributed by atoms with Crippen LogP contribution in [0, 0.1) is 17.8 Å². The number of nitrogen functional groups attached to an aromatic ring is 1. The van der Waals surface area contributed by atoms with Crippen LogP contribution in [-0.4, -0.2) is 48.6 Å². The summed E-state index contributed by atoms with van der Waals surface area (Å²) in [6, 6.07) is 0.712. The van der Waals surface area contributed by atoms with Gasteiger partial charge in [0.1, 0.15) is 0 Å². The van der Waals surface area contributed by atoms with Gasteiger partial charge in [0.15, 0.2) is 5.65 Å². The molecule has 3 aliphatic rings. The van der Waals surface area contributed by atoms with Gasteiger partial charge < -0.3 is 16.4 Å². The molecule has 6 rings (SSSR count).